The average molecular weight is 329 g/mol. The highest BCUT2D eigenvalue weighted by atomic mass is 32.2. The monoisotopic (exact) mass is 329 g/mol. The van der Waals surface area contributed by atoms with Gasteiger partial charge in [-0.3, -0.25) is 4.79 Å². The van der Waals surface area contributed by atoms with Crippen LogP contribution in [0.25, 0.3) is 0 Å². The molecule has 0 saturated carbocycles. The number of hydrogen-bond acceptors (Lipinski definition) is 3. The third-order valence-corrected chi connectivity index (χ3v) is 4.75. The van der Waals surface area contributed by atoms with Gasteiger partial charge in [-0.05, 0) is 37.1 Å². The molecule has 0 saturated heterocycles. The van der Waals surface area contributed by atoms with Crippen LogP contribution in [0.4, 0.5) is 5.69 Å². The molecule has 0 heterocycles. The molecule has 2 N–H and O–H groups in total. The van der Waals surface area contributed by atoms with Gasteiger partial charge in [0.05, 0.1) is 10.8 Å². The lowest BCUT2D eigenvalue weighted by atomic mass is 10.1. The highest BCUT2D eigenvalue weighted by Gasteiger charge is 2.16. The van der Waals surface area contributed by atoms with E-state index in [9.17, 15) is 9.59 Å². The van der Waals surface area contributed by atoms with Crippen molar-refractivity contribution in [2.24, 2.45) is 0 Å². The van der Waals surface area contributed by atoms with Gasteiger partial charge in [0.2, 0.25) is 5.91 Å². The number of amides is 1. The van der Waals surface area contributed by atoms with Crippen LogP contribution in [0, 0.1) is 6.92 Å². The minimum absolute atomic E-state index is 0.128. The normalized spacial score (nSPS) is 11.7. The molecule has 23 heavy (non-hydrogen) atoms. The lowest BCUT2D eigenvalue weighted by molar-refractivity contribution is -0.115. The molecule has 120 valence electrons. The van der Waals surface area contributed by atoms with Crippen molar-refractivity contribution < 1.29 is 14.7 Å². The molecule has 0 radical (unpaired) electrons. The smallest absolute Gasteiger partial charge is 0.336 e. The molecule has 2 aromatic rings. The van der Waals surface area contributed by atoms with Crippen molar-refractivity contribution in [2.75, 3.05) is 5.32 Å². The number of carboxylic acids is 1. The van der Waals surface area contributed by atoms with E-state index in [0.717, 1.165) is 5.75 Å². The molecular formula is C18H19NO3S. The number of benzene rings is 2. The predicted molar refractivity (Wildman–Crippen MR) is 94.0 cm³/mol. The molecule has 0 spiro atoms. The predicted octanol–water partition coefficient (Wildman–Crippen LogP) is 3.95. The molecule has 0 unspecified atom stereocenters. The minimum atomic E-state index is -0.995. The van der Waals surface area contributed by atoms with E-state index in [1.165, 1.54) is 11.6 Å². The molecule has 2 aromatic carbocycles. The summed E-state index contributed by atoms with van der Waals surface area (Å²) in [5.74, 6) is -0.370. The summed E-state index contributed by atoms with van der Waals surface area (Å²) in [5.41, 5.74) is 2.48. The Kier molecular flexibility index (Phi) is 5.82. The quantitative estimate of drug-likeness (QED) is 0.842. The van der Waals surface area contributed by atoms with Gasteiger partial charge in [-0.15, -0.1) is 11.8 Å². The summed E-state index contributed by atoms with van der Waals surface area (Å²) in [7, 11) is 0. The summed E-state index contributed by atoms with van der Waals surface area (Å²) in [6.45, 7) is 3.54. The molecule has 1 amide bonds. The molecular weight excluding hydrogens is 310 g/mol. The third kappa shape index (κ3) is 4.60. The Balaban J connectivity index is 1.98. The summed E-state index contributed by atoms with van der Waals surface area (Å²) in [5, 5.41) is 11.7. The fourth-order valence-electron chi connectivity index (χ4n) is 2.11. The maximum Gasteiger partial charge on any atom is 0.336 e. The molecule has 1 atom stereocenters. The second-order valence-electron chi connectivity index (χ2n) is 5.21. The molecule has 5 heteroatoms. The van der Waals surface area contributed by atoms with Crippen LogP contribution in [0.3, 0.4) is 0 Å². The highest BCUT2D eigenvalue weighted by molar-refractivity contribution is 7.99. The van der Waals surface area contributed by atoms with Gasteiger partial charge >= 0.3 is 5.97 Å². The van der Waals surface area contributed by atoms with Crippen molar-refractivity contribution in [1.29, 1.82) is 0 Å². The Morgan fingerprint density at radius 1 is 1.13 bits per heavy atom. The molecule has 0 aromatic heterocycles. The van der Waals surface area contributed by atoms with Crippen LogP contribution >= 0.6 is 11.8 Å². The van der Waals surface area contributed by atoms with Crippen LogP contribution in [0.2, 0.25) is 0 Å². The van der Waals surface area contributed by atoms with Gasteiger partial charge in [-0.1, -0.05) is 36.4 Å². The maximum absolute atomic E-state index is 12.3. The Bertz CT molecular complexity index is 701. The van der Waals surface area contributed by atoms with Crippen LogP contribution in [0.15, 0.2) is 48.5 Å². The topological polar surface area (TPSA) is 66.4 Å². The molecule has 0 aliphatic carbocycles. The Morgan fingerprint density at radius 3 is 2.48 bits per heavy atom. The van der Waals surface area contributed by atoms with Gasteiger partial charge in [-0.2, -0.15) is 0 Å². The van der Waals surface area contributed by atoms with Crippen molar-refractivity contribution in [3.63, 3.8) is 0 Å². The first-order chi connectivity index (χ1) is 11.0. The van der Waals surface area contributed by atoms with E-state index in [-0.39, 0.29) is 16.7 Å². The number of thioether (sulfide) groups is 1. The minimum Gasteiger partial charge on any atom is -0.478 e. The second kappa shape index (κ2) is 7.83. The van der Waals surface area contributed by atoms with Crippen molar-refractivity contribution in [3.8, 4) is 0 Å². The summed E-state index contributed by atoms with van der Waals surface area (Å²) < 4.78 is 0. The van der Waals surface area contributed by atoms with Crippen LogP contribution < -0.4 is 5.32 Å². The van der Waals surface area contributed by atoms with Gasteiger partial charge in [0.1, 0.15) is 0 Å². The van der Waals surface area contributed by atoms with E-state index in [1.807, 2.05) is 37.3 Å². The first-order valence-electron chi connectivity index (χ1n) is 7.28. The van der Waals surface area contributed by atoms with Crippen molar-refractivity contribution in [3.05, 3.63) is 65.2 Å². The zero-order valence-electron chi connectivity index (χ0n) is 13.1. The van der Waals surface area contributed by atoms with E-state index in [4.69, 9.17) is 5.11 Å². The average Bonchev–Trinajstić information content (AvgIpc) is 2.55. The SMILES string of the molecule is Cc1c(NC(=O)[C@H](C)SCc2ccccc2)cccc1C(=O)O. The van der Waals surface area contributed by atoms with E-state index in [0.29, 0.717) is 11.3 Å². The van der Waals surface area contributed by atoms with E-state index in [2.05, 4.69) is 5.32 Å². The van der Waals surface area contributed by atoms with Crippen LogP contribution in [-0.4, -0.2) is 22.2 Å². The molecule has 0 aliphatic rings. The van der Waals surface area contributed by atoms with Crippen molar-refractivity contribution in [1.82, 2.24) is 0 Å². The van der Waals surface area contributed by atoms with E-state index >= 15 is 0 Å². The Labute approximate surface area is 139 Å². The Morgan fingerprint density at radius 2 is 1.83 bits per heavy atom. The van der Waals surface area contributed by atoms with Crippen LogP contribution in [0.5, 0.6) is 0 Å². The highest BCUT2D eigenvalue weighted by Crippen LogP contribution is 2.22. The second-order valence-corrected chi connectivity index (χ2v) is 6.54. The molecule has 2 rings (SSSR count). The first-order valence-corrected chi connectivity index (χ1v) is 8.33. The Hall–Kier alpha value is -2.27. The fourth-order valence-corrected chi connectivity index (χ4v) is 2.95. The van der Waals surface area contributed by atoms with Gasteiger partial charge in [0, 0.05) is 11.4 Å². The number of carbonyl (C=O) groups is 2. The number of nitrogens with one attached hydrogen (secondary N) is 1. The van der Waals surface area contributed by atoms with Gasteiger partial charge in [0.25, 0.3) is 0 Å². The lowest BCUT2D eigenvalue weighted by Gasteiger charge is -2.14. The van der Waals surface area contributed by atoms with Crippen LogP contribution in [0.1, 0.15) is 28.4 Å². The largest absolute Gasteiger partial charge is 0.478 e. The number of rotatable bonds is 6. The molecule has 0 bridgehead atoms. The number of anilines is 1. The van der Waals surface area contributed by atoms with Gasteiger partial charge < -0.3 is 10.4 Å². The molecule has 0 fully saturated rings. The van der Waals surface area contributed by atoms with Crippen molar-refractivity contribution >= 4 is 29.3 Å². The number of carbonyl (C=O) groups excluding carboxylic acids is 1. The fraction of sp³-hybridized carbons (Fsp3) is 0.222. The molecule has 4 nitrogen and oxygen atoms in total. The van der Waals surface area contributed by atoms with Gasteiger partial charge in [-0.25, -0.2) is 4.79 Å². The van der Waals surface area contributed by atoms with Crippen molar-refractivity contribution in [2.45, 2.75) is 24.9 Å². The number of carboxylic acid groups (broad SMARTS) is 1. The van der Waals surface area contributed by atoms with E-state index < -0.39 is 5.97 Å². The van der Waals surface area contributed by atoms with Gasteiger partial charge in [0.15, 0.2) is 0 Å². The first kappa shape index (κ1) is 17.1. The maximum atomic E-state index is 12.3. The zero-order chi connectivity index (χ0) is 16.8. The summed E-state index contributed by atoms with van der Waals surface area (Å²) in [6.07, 6.45) is 0. The third-order valence-electron chi connectivity index (χ3n) is 3.53. The zero-order valence-corrected chi connectivity index (χ0v) is 13.9. The lowest BCUT2D eigenvalue weighted by Crippen LogP contribution is -2.23. The standard InChI is InChI=1S/C18H19NO3S/c1-12-15(18(21)22)9-6-10-16(12)19-17(20)13(2)23-11-14-7-4-3-5-8-14/h3-10,13H,11H2,1-2H3,(H,19,20)(H,21,22)/t13-/m0/s1. The summed E-state index contributed by atoms with van der Waals surface area (Å²) in [6, 6.07) is 14.8. The van der Waals surface area contributed by atoms with E-state index in [1.54, 1.807) is 30.8 Å². The summed E-state index contributed by atoms with van der Waals surface area (Å²) in [4.78, 5) is 23.4. The number of aromatic carboxylic acids is 1. The molecule has 0 aliphatic heterocycles. The number of hydrogen-bond donors (Lipinski definition) is 2. The summed E-state index contributed by atoms with van der Waals surface area (Å²) >= 11 is 1.54. The van der Waals surface area contributed by atoms with Crippen LogP contribution in [-0.2, 0) is 10.5 Å².